The molecule has 0 unspecified atom stereocenters. The molecule has 12 heteroatoms. The quantitative estimate of drug-likeness (QED) is 0.290. The zero-order chi connectivity index (χ0) is 27.9. The summed E-state index contributed by atoms with van der Waals surface area (Å²) >= 11 is 0. The summed E-state index contributed by atoms with van der Waals surface area (Å²) in [6.07, 6.45) is 0.411. The van der Waals surface area contributed by atoms with E-state index in [1.54, 1.807) is 16.8 Å². The lowest BCUT2D eigenvalue weighted by Crippen LogP contribution is -2.31. The van der Waals surface area contributed by atoms with Gasteiger partial charge in [-0.1, -0.05) is 32.4 Å². The molecular formula is C27H28F3N7O2. The second-order valence-electron chi connectivity index (χ2n) is 10.2. The number of anilines is 1. The maximum absolute atomic E-state index is 13.2. The highest BCUT2D eigenvalue weighted by Gasteiger charge is 2.31. The minimum atomic E-state index is -4.45. The van der Waals surface area contributed by atoms with Crippen LogP contribution >= 0.6 is 0 Å². The number of aromatic carboxylic acids is 1. The number of benzene rings is 1. The predicted octanol–water partition coefficient (Wildman–Crippen LogP) is 5.77. The molecule has 1 aromatic carbocycles. The van der Waals surface area contributed by atoms with Gasteiger partial charge in [0, 0.05) is 24.5 Å². The van der Waals surface area contributed by atoms with E-state index in [-0.39, 0.29) is 24.2 Å². The van der Waals surface area contributed by atoms with Gasteiger partial charge in [0.15, 0.2) is 23.1 Å². The van der Waals surface area contributed by atoms with E-state index >= 15 is 0 Å². The van der Waals surface area contributed by atoms with Crippen LogP contribution in [0.4, 0.5) is 19.0 Å². The van der Waals surface area contributed by atoms with Crippen molar-refractivity contribution >= 4 is 23.0 Å². The van der Waals surface area contributed by atoms with Gasteiger partial charge in [-0.15, -0.1) is 0 Å². The molecular weight excluding hydrogens is 511 g/mol. The highest BCUT2D eigenvalue weighted by Crippen LogP contribution is 2.34. The largest absolute Gasteiger partial charge is 0.475 e. The number of carboxylic acid groups (broad SMARTS) is 1. The molecule has 9 nitrogen and oxygen atoms in total. The molecule has 1 aliphatic rings. The van der Waals surface area contributed by atoms with Crippen LogP contribution in [0.5, 0.6) is 0 Å². The average molecular weight is 540 g/mol. The molecule has 0 bridgehead atoms. The second kappa shape index (κ2) is 10.2. The van der Waals surface area contributed by atoms with Gasteiger partial charge >= 0.3 is 12.1 Å². The number of halogens is 3. The smallest absolute Gasteiger partial charge is 0.416 e. The van der Waals surface area contributed by atoms with Crippen LogP contribution in [0, 0.1) is 5.92 Å². The van der Waals surface area contributed by atoms with Gasteiger partial charge in [0.05, 0.1) is 5.56 Å². The molecule has 0 saturated heterocycles. The van der Waals surface area contributed by atoms with Gasteiger partial charge in [0.25, 0.3) is 0 Å². The Balaban J connectivity index is 1.69. The van der Waals surface area contributed by atoms with Crippen molar-refractivity contribution in [1.29, 1.82) is 0 Å². The lowest BCUT2D eigenvalue weighted by molar-refractivity contribution is -0.137. The summed E-state index contributed by atoms with van der Waals surface area (Å²) in [5.74, 6) is -0.285. The summed E-state index contributed by atoms with van der Waals surface area (Å²) in [6, 6.07) is 6.67. The van der Waals surface area contributed by atoms with Crippen LogP contribution in [0.3, 0.4) is 0 Å². The number of carbonyl (C=O) groups is 1. The number of aromatic nitrogens is 6. The van der Waals surface area contributed by atoms with Gasteiger partial charge in [0.2, 0.25) is 5.82 Å². The van der Waals surface area contributed by atoms with Gasteiger partial charge in [-0.25, -0.2) is 29.7 Å². The minimum absolute atomic E-state index is 0.0110. The van der Waals surface area contributed by atoms with Crippen LogP contribution < -0.4 is 5.32 Å². The van der Waals surface area contributed by atoms with Crippen LogP contribution in [0.1, 0.15) is 73.4 Å². The van der Waals surface area contributed by atoms with E-state index in [2.05, 4.69) is 30.2 Å². The number of alkyl halides is 3. The normalized spacial score (nSPS) is 14.9. The van der Waals surface area contributed by atoms with Gasteiger partial charge in [-0.3, -0.25) is 0 Å². The average Bonchev–Trinajstić information content (AvgIpc) is 3.21. The zero-order valence-corrected chi connectivity index (χ0v) is 21.7. The molecule has 1 saturated carbocycles. The van der Waals surface area contributed by atoms with E-state index < -0.39 is 23.5 Å². The van der Waals surface area contributed by atoms with E-state index in [1.807, 2.05) is 20.8 Å². The fourth-order valence-electron chi connectivity index (χ4n) is 4.61. The summed E-state index contributed by atoms with van der Waals surface area (Å²) in [6.45, 7) is 6.12. The summed E-state index contributed by atoms with van der Waals surface area (Å²) < 4.78 is 41.2. The molecule has 0 radical (unpaired) electrons. The van der Waals surface area contributed by atoms with Gasteiger partial charge in [-0.2, -0.15) is 13.2 Å². The first kappa shape index (κ1) is 26.5. The fourth-order valence-corrected chi connectivity index (χ4v) is 4.61. The summed E-state index contributed by atoms with van der Waals surface area (Å²) in [7, 11) is 0. The van der Waals surface area contributed by atoms with Gasteiger partial charge < -0.3 is 15.0 Å². The maximum Gasteiger partial charge on any atom is 0.416 e. The number of nitrogens with one attached hydrogen (secondary N) is 1. The van der Waals surface area contributed by atoms with E-state index in [0.29, 0.717) is 34.5 Å². The second-order valence-corrected chi connectivity index (χ2v) is 10.2. The Hall–Kier alpha value is -4.09. The molecule has 1 fully saturated rings. The topological polar surface area (TPSA) is 119 Å². The minimum Gasteiger partial charge on any atom is -0.475 e. The Bertz CT molecular complexity index is 1510. The molecule has 1 atom stereocenters. The lowest BCUT2D eigenvalue weighted by atomic mass is 9.80. The number of imidazole rings is 1. The molecule has 1 aliphatic carbocycles. The zero-order valence-electron chi connectivity index (χ0n) is 21.7. The first-order chi connectivity index (χ1) is 18.5. The molecule has 3 aromatic heterocycles. The Morgan fingerprint density at radius 3 is 2.38 bits per heavy atom. The number of rotatable bonds is 8. The van der Waals surface area contributed by atoms with Gasteiger partial charge in [0.1, 0.15) is 5.52 Å². The molecule has 0 aliphatic heterocycles. The Kier molecular flexibility index (Phi) is 6.96. The van der Waals surface area contributed by atoms with Crippen LogP contribution in [0.15, 0.2) is 36.5 Å². The van der Waals surface area contributed by atoms with Crippen LogP contribution in [-0.2, 0) is 12.7 Å². The molecule has 3 heterocycles. The van der Waals surface area contributed by atoms with Gasteiger partial charge in [-0.05, 0) is 55.4 Å². The SMILES string of the molecule is CC(C)c1ccnc(-c2nc3nc(C(=O)O)nc(N[C@H](C)C4CCC4)c3n2Cc2ccc(C(F)(F)F)cc2)n1. The van der Waals surface area contributed by atoms with E-state index in [9.17, 15) is 23.1 Å². The number of fused-ring (bicyclic) bond motifs is 1. The van der Waals surface area contributed by atoms with Crippen molar-refractivity contribution in [2.45, 2.75) is 64.7 Å². The van der Waals surface area contributed by atoms with Crippen molar-refractivity contribution in [2.24, 2.45) is 5.92 Å². The molecule has 5 rings (SSSR count). The monoisotopic (exact) mass is 539 g/mol. The Labute approximate surface area is 222 Å². The molecule has 0 spiro atoms. The highest BCUT2D eigenvalue weighted by molar-refractivity contribution is 5.92. The third-order valence-corrected chi connectivity index (χ3v) is 7.11. The van der Waals surface area contributed by atoms with Crippen molar-refractivity contribution in [3.05, 3.63) is 59.2 Å². The number of hydrogen-bond acceptors (Lipinski definition) is 7. The standard InChI is InChI=1S/C27H28F3N7O2/c1-14(2)19-11-12-31-23(33-19)25-36-22-20(37(25)13-16-7-9-18(10-8-16)27(28,29)30)21(34-24(35-22)26(38)39)32-15(3)17-5-4-6-17/h7-12,14-15,17H,4-6,13H2,1-3H3,(H,38,39)(H,32,34,35)/t15-/m1/s1. The fraction of sp³-hybridized carbons (Fsp3) is 0.407. The number of hydrogen-bond donors (Lipinski definition) is 2. The number of carboxylic acids is 1. The van der Waals surface area contributed by atoms with Crippen molar-refractivity contribution in [2.75, 3.05) is 5.32 Å². The Morgan fingerprint density at radius 2 is 1.79 bits per heavy atom. The third kappa shape index (κ3) is 5.41. The van der Waals surface area contributed by atoms with E-state index in [4.69, 9.17) is 0 Å². The first-order valence-electron chi connectivity index (χ1n) is 12.8. The van der Waals surface area contributed by atoms with Crippen LogP contribution in [0.2, 0.25) is 0 Å². The highest BCUT2D eigenvalue weighted by atomic mass is 19.4. The number of nitrogens with zero attached hydrogens (tertiary/aromatic N) is 6. The van der Waals surface area contributed by atoms with Crippen LogP contribution in [0.25, 0.3) is 22.8 Å². The summed E-state index contributed by atoms with van der Waals surface area (Å²) in [5, 5.41) is 13.0. The van der Waals surface area contributed by atoms with Crippen molar-refractivity contribution < 1.29 is 23.1 Å². The third-order valence-electron chi connectivity index (χ3n) is 7.11. The Morgan fingerprint density at radius 1 is 1.08 bits per heavy atom. The molecule has 204 valence electrons. The molecule has 39 heavy (non-hydrogen) atoms. The van der Waals surface area contributed by atoms with Crippen molar-refractivity contribution in [1.82, 2.24) is 29.5 Å². The van der Waals surface area contributed by atoms with Crippen molar-refractivity contribution in [3.8, 4) is 11.6 Å². The molecule has 4 aromatic rings. The maximum atomic E-state index is 13.2. The first-order valence-corrected chi connectivity index (χ1v) is 12.8. The molecule has 2 N–H and O–H groups in total. The van der Waals surface area contributed by atoms with Crippen molar-refractivity contribution in [3.63, 3.8) is 0 Å². The van der Waals surface area contributed by atoms with Crippen LogP contribution in [-0.4, -0.2) is 46.6 Å². The lowest BCUT2D eigenvalue weighted by Gasteiger charge is -2.32. The predicted molar refractivity (Wildman–Crippen MR) is 138 cm³/mol. The van der Waals surface area contributed by atoms with E-state index in [1.165, 1.54) is 12.1 Å². The molecule has 0 amide bonds. The summed E-state index contributed by atoms with van der Waals surface area (Å²) in [4.78, 5) is 34.1. The van der Waals surface area contributed by atoms with E-state index in [0.717, 1.165) is 37.1 Å². The summed E-state index contributed by atoms with van der Waals surface area (Å²) in [5.41, 5.74) is 1.16.